The van der Waals surface area contributed by atoms with E-state index in [2.05, 4.69) is 10.2 Å². The summed E-state index contributed by atoms with van der Waals surface area (Å²) in [5, 5.41) is 3.25. The first kappa shape index (κ1) is 8.68. The second-order valence-corrected chi connectivity index (χ2v) is 3.03. The van der Waals surface area contributed by atoms with E-state index >= 15 is 0 Å². The van der Waals surface area contributed by atoms with Crippen LogP contribution >= 0.6 is 0 Å². The van der Waals surface area contributed by atoms with Crippen LogP contribution in [-0.2, 0) is 4.79 Å². The maximum Gasteiger partial charge on any atom is 0.133 e. The predicted molar refractivity (Wildman–Crippen MR) is 44.6 cm³/mol. The van der Waals surface area contributed by atoms with Gasteiger partial charge in [0.1, 0.15) is 6.29 Å². The fourth-order valence-corrected chi connectivity index (χ4v) is 1.51. The summed E-state index contributed by atoms with van der Waals surface area (Å²) >= 11 is 0. The molecule has 1 heterocycles. The number of piperidine rings is 1. The summed E-state index contributed by atoms with van der Waals surface area (Å²) in [6.45, 7) is 2.73. The quantitative estimate of drug-likeness (QED) is 0.578. The molecule has 1 saturated heterocycles. The van der Waals surface area contributed by atoms with Crippen molar-refractivity contribution in [1.82, 2.24) is 10.2 Å². The van der Waals surface area contributed by atoms with Crippen molar-refractivity contribution in [1.29, 1.82) is 0 Å². The third kappa shape index (κ3) is 2.60. The lowest BCUT2D eigenvalue weighted by molar-refractivity contribution is -0.109. The number of hydrogen-bond donors (Lipinski definition) is 1. The van der Waals surface area contributed by atoms with Crippen LogP contribution < -0.4 is 5.32 Å². The van der Waals surface area contributed by atoms with Crippen LogP contribution in [0.2, 0.25) is 0 Å². The van der Waals surface area contributed by atoms with Crippen molar-refractivity contribution in [3.05, 3.63) is 0 Å². The molecule has 1 aliphatic rings. The van der Waals surface area contributed by atoms with Gasteiger partial charge in [0.2, 0.25) is 0 Å². The van der Waals surface area contributed by atoms with E-state index in [1.807, 2.05) is 7.05 Å². The molecule has 0 unspecified atom stereocenters. The number of carbonyl (C=O) groups is 1. The Morgan fingerprint density at radius 2 is 2.18 bits per heavy atom. The van der Waals surface area contributed by atoms with E-state index in [1.54, 1.807) is 0 Å². The SMILES string of the molecule is CNC1CCN(CC=O)CC1. The molecule has 11 heavy (non-hydrogen) atoms. The average Bonchev–Trinajstić information content (AvgIpc) is 2.07. The van der Waals surface area contributed by atoms with Gasteiger partial charge in [-0.2, -0.15) is 0 Å². The van der Waals surface area contributed by atoms with Gasteiger partial charge in [0, 0.05) is 19.1 Å². The minimum Gasteiger partial charge on any atom is -0.317 e. The number of hydrogen-bond acceptors (Lipinski definition) is 3. The molecule has 3 nitrogen and oxygen atoms in total. The van der Waals surface area contributed by atoms with Crippen molar-refractivity contribution >= 4 is 6.29 Å². The molecule has 64 valence electrons. The maximum atomic E-state index is 10.2. The Bertz CT molecular complexity index is 119. The van der Waals surface area contributed by atoms with E-state index in [-0.39, 0.29) is 0 Å². The Kier molecular flexibility index (Phi) is 3.52. The fourth-order valence-electron chi connectivity index (χ4n) is 1.51. The molecular formula is C8H16N2O. The molecule has 1 fully saturated rings. The first-order chi connectivity index (χ1) is 5.36. The number of nitrogens with one attached hydrogen (secondary N) is 1. The van der Waals surface area contributed by atoms with Crippen molar-refractivity contribution in [3.8, 4) is 0 Å². The molecule has 0 radical (unpaired) electrons. The van der Waals surface area contributed by atoms with Gasteiger partial charge >= 0.3 is 0 Å². The summed E-state index contributed by atoms with van der Waals surface area (Å²) in [6, 6.07) is 0.665. The van der Waals surface area contributed by atoms with Crippen molar-refractivity contribution < 1.29 is 4.79 Å². The average molecular weight is 156 g/mol. The van der Waals surface area contributed by atoms with Crippen molar-refractivity contribution in [3.63, 3.8) is 0 Å². The molecule has 0 atom stereocenters. The van der Waals surface area contributed by atoms with Gasteiger partial charge in [0.05, 0.1) is 6.54 Å². The van der Waals surface area contributed by atoms with E-state index in [1.165, 1.54) is 12.8 Å². The Morgan fingerprint density at radius 3 is 2.64 bits per heavy atom. The fraction of sp³-hybridized carbons (Fsp3) is 0.875. The monoisotopic (exact) mass is 156 g/mol. The molecule has 0 aromatic heterocycles. The van der Waals surface area contributed by atoms with Crippen molar-refractivity contribution in [2.24, 2.45) is 0 Å². The van der Waals surface area contributed by atoms with Crippen LogP contribution in [0.15, 0.2) is 0 Å². The van der Waals surface area contributed by atoms with E-state index in [9.17, 15) is 4.79 Å². The topological polar surface area (TPSA) is 32.3 Å². The van der Waals surface area contributed by atoms with E-state index in [0.29, 0.717) is 12.6 Å². The lowest BCUT2D eigenvalue weighted by Gasteiger charge is -2.30. The molecular weight excluding hydrogens is 140 g/mol. The third-order valence-electron chi connectivity index (χ3n) is 2.33. The number of carbonyl (C=O) groups excluding carboxylic acids is 1. The molecule has 0 amide bonds. The van der Waals surface area contributed by atoms with Crippen molar-refractivity contribution in [2.45, 2.75) is 18.9 Å². The Balaban J connectivity index is 2.18. The Hall–Kier alpha value is -0.410. The van der Waals surface area contributed by atoms with Gasteiger partial charge < -0.3 is 10.1 Å². The Labute approximate surface area is 67.8 Å². The molecule has 3 heteroatoms. The van der Waals surface area contributed by atoms with E-state index < -0.39 is 0 Å². The summed E-state index contributed by atoms with van der Waals surface area (Å²) < 4.78 is 0. The Morgan fingerprint density at radius 1 is 1.55 bits per heavy atom. The molecule has 1 aliphatic heterocycles. The minimum atomic E-state index is 0.608. The van der Waals surface area contributed by atoms with Gasteiger partial charge in [-0.15, -0.1) is 0 Å². The lowest BCUT2D eigenvalue weighted by Crippen LogP contribution is -2.41. The minimum absolute atomic E-state index is 0.608. The van der Waals surface area contributed by atoms with Gasteiger partial charge in [-0.3, -0.25) is 4.90 Å². The van der Waals surface area contributed by atoms with Gasteiger partial charge in [0.15, 0.2) is 0 Å². The zero-order valence-electron chi connectivity index (χ0n) is 7.05. The highest BCUT2D eigenvalue weighted by Gasteiger charge is 2.16. The summed E-state index contributed by atoms with van der Waals surface area (Å²) in [6.07, 6.45) is 3.33. The number of likely N-dealkylation sites (tertiary alicyclic amines) is 1. The number of nitrogens with zero attached hydrogens (tertiary/aromatic N) is 1. The van der Waals surface area contributed by atoms with Crippen LogP contribution in [0.5, 0.6) is 0 Å². The highest BCUT2D eigenvalue weighted by Crippen LogP contribution is 2.08. The lowest BCUT2D eigenvalue weighted by atomic mass is 10.1. The molecule has 0 aliphatic carbocycles. The highest BCUT2D eigenvalue weighted by molar-refractivity contribution is 5.51. The summed E-state index contributed by atoms with van der Waals surface area (Å²) in [4.78, 5) is 12.4. The zero-order valence-corrected chi connectivity index (χ0v) is 7.05. The molecule has 1 N–H and O–H groups in total. The second kappa shape index (κ2) is 4.46. The molecule has 1 rings (SSSR count). The van der Waals surface area contributed by atoms with Gasteiger partial charge in [0.25, 0.3) is 0 Å². The van der Waals surface area contributed by atoms with Crippen LogP contribution in [0, 0.1) is 0 Å². The molecule has 0 bridgehead atoms. The normalized spacial score (nSPS) is 21.9. The second-order valence-electron chi connectivity index (χ2n) is 3.03. The van der Waals surface area contributed by atoms with Gasteiger partial charge in [-0.05, 0) is 19.9 Å². The molecule has 0 spiro atoms. The summed E-state index contributed by atoms with van der Waals surface area (Å²) in [5.74, 6) is 0. The smallest absolute Gasteiger partial charge is 0.133 e. The predicted octanol–water partition coefficient (Wildman–Crippen LogP) is -0.131. The van der Waals surface area contributed by atoms with E-state index in [4.69, 9.17) is 0 Å². The first-order valence-corrected chi connectivity index (χ1v) is 4.20. The molecule has 0 aromatic rings. The van der Waals surface area contributed by atoms with Crippen LogP contribution in [-0.4, -0.2) is 43.9 Å². The maximum absolute atomic E-state index is 10.2. The van der Waals surface area contributed by atoms with Crippen LogP contribution in [0.25, 0.3) is 0 Å². The zero-order chi connectivity index (χ0) is 8.10. The standard InChI is InChI=1S/C8H16N2O/c1-9-8-2-4-10(5-3-8)6-7-11/h7-9H,2-6H2,1H3. The van der Waals surface area contributed by atoms with Crippen LogP contribution in [0.3, 0.4) is 0 Å². The third-order valence-corrected chi connectivity index (χ3v) is 2.33. The van der Waals surface area contributed by atoms with Crippen molar-refractivity contribution in [2.75, 3.05) is 26.7 Å². The number of aldehydes is 1. The first-order valence-electron chi connectivity index (χ1n) is 4.20. The van der Waals surface area contributed by atoms with Gasteiger partial charge in [-0.25, -0.2) is 0 Å². The highest BCUT2D eigenvalue weighted by atomic mass is 16.1. The molecule has 0 saturated carbocycles. The number of rotatable bonds is 3. The largest absolute Gasteiger partial charge is 0.317 e. The summed E-state index contributed by atoms with van der Waals surface area (Å²) in [7, 11) is 2.00. The van der Waals surface area contributed by atoms with E-state index in [0.717, 1.165) is 19.4 Å². The van der Waals surface area contributed by atoms with Crippen LogP contribution in [0.4, 0.5) is 0 Å². The molecule has 0 aromatic carbocycles. The van der Waals surface area contributed by atoms with Gasteiger partial charge in [-0.1, -0.05) is 0 Å². The summed E-state index contributed by atoms with van der Waals surface area (Å²) in [5.41, 5.74) is 0. The van der Waals surface area contributed by atoms with Crippen LogP contribution in [0.1, 0.15) is 12.8 Å².